The number of rotatable bonds is 9. The second-order valence-electron chi connectivity index (χ2n) is 17.8. The summed E-state index contributed by atoms with van der Waals surface area (Å²) in [5.74, 6) is -3.31. The first-order chi connectivity index (χ1) is 28.7. The lowest BCUT2D eigenvalue weighted by molar-refractivity contribution is -0.146. The Labute approximate surface area is 391 Å². The summed E-state index contributed by atoms with van der Waals surface area (Å²) in [5.41, 5.74) is -4.18. The summed E-state index contributed by atoms with van der Waals surface area (Å²) in [6, 6.07) is 4.03. The van der Waals surface area contributed by atoms with Crippen LogP contribution in [0.25, 0.3) is 10.8 Å². The van der Waals surface area contributed by atoms with Crippen molar-refractivity contribution in [2.45, 2.75) is 134 Å². The van der Waals surface area contributed by atoms with E-state index in [2.05, 4.69) is 15.0 Å². The Balaban J connectivity index is 1.45. The largest absolute Gasteiger partial charge is 0.491 e. The van der Waals surface area contributed by atoms with Crippen molar-refractivity contribution in [2.24, 2.45) is 17.8 Å². The average Bonchev–Trinajstić information content (AvgIpc) is 4.03. The highest BCUT2D eigenvalue weighted by molar-refractivity contribution is 7.91. The minimum Gasteiger partial charge on any atom is -0.491 e. The number of amides is 4. The maximum Gasteiger partial charge on any atom is 0.408 e. The average molecular weight is 1000 g/mol. The number of ether oxygens (including phenoxy) is 2. The molecule has 21 heteroatoms. The van der Waals surface area contributed by atoms with Gasteiger partial charge in [0, 0.05) is 23.9 Å². The summed E-state index contributed by atoms with van der Waals surface area (Å²) >= 11 is 38.9. The number of carboxylic acid groups (broad SMARTS) is 1. The predicted octanol–water partition coefficient (Wildman–Crippen LogP) is 8.10. The number of allylic oxidation sites excluding steroid dienone is 1. The van der Waals surface area contributed by atoms with Gasteiger partial charge < -0.3 is 24.8 Å². The molecule has 62 heavy (non-hydrogen) atoms. The molecule has 2 aromatic rings. The number of aromatic nitrogens is 1. The first kappa shape index (κ1) is 48.8. The van der Waals surface area contributed by atoms with Gasteiger partial charge in [0.05, 0.1) is 17.4 Å². The quantitative estimate of drug-likeness (QED) is 0.164. The van der Waals surface area contributed by atoms with E-state index in [0.717, 1.165) is 12.3 Å². The molecule has 4 aliphatic rings. The standard InChI is InChI=1S/C41H51Cl6N5O9S/c1-22(2)60-27-11-12-29-25(18-27)13-16-48-33(29)61-28-19-30-32(53)49-39(35(55)50-62(58,59)37(5)14-15-37)20-26(39)10-8-7-9-23(3)17-24(4)31(34(54)51(30)21-28)52(36(56)57)38(6,40(42,43)44)41(45,46)47/h8,10-13,16,18,22-24,26,28,30-31H,7,9,14-15,17,19-21H2,1-6H3,(H,49,53)(H,50,55)(H,56,57)/t23-,24-,26-,28-,30+,31+,39-/m1/s1. The maximum absolute atomic E-state index is 15.4. The van der Waals surface area contributed by atoms with Crippen LogP contribution in [0.15, 0.2) is 42.6 Å². The minimum atomic E-state index is -4.10. The zero-order valence-electron chi connectivity index (χ0n) is 35.0. The highest BCUT2D eigenvalue weighted by Gasteiger charge is 2.67. The number of carbonyl (C=O) groups is 4. The number of sulfonamides is 1. The zero-order chi connectivity index (χ0) is 46.0. The molecular formula is C41H51Cl6N5O9S. The molecule has 3 fully saturated rings. The van der Waals surface area contributed by atoms with Gasteiger partial charge in [-0.25, -0.2) is 18.2 Å². The monoisotopic (exact) mass is 999 g/mol. The molecule has 0 bridgehead atoms. The van der Waals surface area contributed by atoms with Gasteiger partial charge in [0.25, 0.3) is 5.91 Å². The van der Waals surface area contributed by atoms with Gasteiger partial charge in [0.2, 0.25) is 35.3 Å². The molecule has 2 saturated carbocycles. The number of pyridine rings is 1. The van der Waals surface area contributed by atoms with Gasteiger partial charge in [-0.15, -0.1) is 0 Å². The second-order valence-corrected chi connectivity index (χ2v) is 24.6. The number of benzene rings is 1. The maximum atomic E-state index is 15.4. The van der Waals surface area contributed by atoms with E-state index in [1.807, 2.05) is 32.9 Å². The molecular weight excluding hydrogens is 951 g/mol. The van der Waals surface area contributed by atoms with Crippen LogP contribution < -0.4 is 19.5 Å². The van der Waals surface area contributed by atoms with Crippen molar-refractivity contribution in [2.75, 3.05) is 6.54 Å². The highest BCUT2D eigenvalue weighted by atomic mass is 35.6. The van der Waals surface area contributed by atoms with Crippen molar-refractivity contribution < 1.29 is 42.2 Å². The summed E-state index contributed by atoms with van der Waals surface area (Å²) in [4.78, 5) is 64.0. The summed E-state index contributed by atoms with van der Waals surface area (Å²) < 4.78 is 34.8. The van der Waals surface area contributed by atoms with E-state index >= 15 is 4.79 Å². The minimum absolute atomic E-state index is 0.0786. The van der Waals surface area contributed by atoms with Crippen LogP contribution in [0, 0.1) is 17.8 Å². The summed E-state index contributed by atoms with van der Waals surface area (Å²) in [7, 11) is -4.10. The molecule has 3 heterocycles. The van der Waals surface area contributed by atoms with Gasteiger partial charge >= 0.3 is 6.09 Å². The fraction of sp³-hybridized carbons (Fsp3) is 0.634. The summed E-state index contributed by atoms with van der Waals surface area (Å²) in [6.07, 6.45) is 4.46. The third kappa shape index (κ3) is 9.51. The van der Waals surface area contributed by atoms with E-state index < -0.39 is 87.3 Å². The van der Waals surface area contributed by atoms with E-state index in [1.165, 1.54) is 4.90 Å². The number of alkyl halides is 6. The van der Waals surface area contributed by atoms with Crippen LogP contribution in [0.1, 0.15) is 86.5 Å². The Bertz CT molecular complexity index is 2220. The van der Waals surface area contributed by atoms with Crippen LogP contribution >= 0.6 is 69.6 Å². The van der Waals surface area contributed by atoms with E-state index in [-0.39, 0.29) is 43.7 Å². The topological polar surface area (TPSA) is 185 Å². The molecule has 0 radical (unpaired) electrons. The SMILES string of the molecule is CC(C)Oc1ccc2c(O[C@@H]3C[C@H]4C(=O)N[C@]5(C(=O)NS(=O)(=O)C6(C)CC6)C[C@H]5C=CCC[C@@H](C)C[C@@H](C)[C@H](N(C(=O)O)C(C)(C(Cl)(Cl)Cl)C(Cl)(Cl)Cl)C(=O)N4C3)nccc2c1. The molecule has 14 nitrogen and oxygen atoms in total. The van der Waals surface area contributed by atoms with Crippen LogP contribution in [0.2, 0.25) is 0 Å². The molecule has 0 unspecified atom stereocenters. The lowest BCUT2D eigenvalue weighted by atomic mass is 9.85. The fourth-order valence-electron chi connectivity index (χ4n) is 8.49. The lowest BCUT2D eigenvalue weighted by Crippen LogP contribution is -2.71. The number of carbonyl (C=O) groups excluding carboxylic acids is 3. The number of hydrogen-bond acceptors (Lipinski definition) is 9. The van der Waals surface area contributed by atoms with Crippen molar-refractivity contribution in [3.8, 4) is 11.6 Å². The summed E-state index contributed by atoms with van der Waals surface area (Å²) in [5, 5.41) is 15.1. The molecule has 1 saturated heterocycles. The molecule has 4 amide bonds. The third-order valence-electron chi connectivity index (χ3n) is 12.6. The van der Waals surface area contributed by atoms with Gasteiger partial charge in [-0.3, -0.25) is 24.0 Å². The molecule has 2 aliphatic heterocycles. The van der Waals surface area contributed by atoms with Gasteiger partial charge in [0.1, 0.15) is 35.0 Å². The Morgan fingerprint density at radius 2 is 1.73 bits per heavy atom. The number of hydrogen-bond donors (Lipinski definition) is 3. The zero-order valence-corrected chi connectivity index (χ0v) is 40.3. The van der Waals surface area contributed by atoms with Gasteiger partial charge in [-0.05, 0) is 108 Å². The van der Waals surface area contributed by atoms with Gasteiger partial charge in [0.15, 0.2) is 0 Å². The molecule has 1 aromatic carbocycles. The number of nitrogens with one attached hydrogen (secondary N) is 2. The Morgan fingerprint density at radius 1 is 1.06 bits per heavy atom. The smallest absolute Gasteiger partial charge is 0.408 e. The molecule has 7 atom stereocenters. The van der Waals surface area contributed by atoms with Crippen molar-refractivity contribution in [3.05, 3.63) is 42.6 Å². The molecule has 3 N–H and O–H groups in total. The van der Waals surface area contributed by atoms with E-state index in [4.69, 9.17) is 79.1 Å². The van der Waals surface area contributed by atoms with Crippen LogP contribution in [-0.2, 0) is 24.4 Å². The van der Waals surface area contributed by atoms with Crippen LogP contribution in [0.3, 0.4) is 0 Å². The summed E-state index contributed by atoms with van der Waals surface area (Å²) in [6.45, 7) is 9.78. The fourth-order valence-corrected chi connectivity index (χ4v) is 11.6. The normalized spacial score (nSPS) is 28.2. The lowest BCUT2D eigenvalue weighted by Gasteiger charge is -2.52. The molecule has 1 aromatic heterocycles. The second kappa shape index (κ2) is 17.6. The number of fused-ring (bicyclic) bond motifs is 3. The van der Waals surface area contributed by atoms with Crippen LogP contribution in [-0.4, -0.2) is 106 Å². The molecule has 6 rings (SSSR count). The van der Waals surface area contributed by atoms with Crippen LogP contribution in [0.5, 0.6) is 11.6 Å². The van der Waals surface area contributed by atoms with Crippen molar-refractivity contribution >= 4 is 114 Å². The van der Waals surface area contributed by atoms with Crippen molar-refractivity contribution in [1.29, 1.82) is 0 Å². The first-order valence-electron chi connectivity index (χ1n) is 20.4. The van der Waals surface area contributed by atoms with E-state index in [9.17, 15) is 27.9 Å². The molecule has 2 aliphatic carbocycles. The van der Waals surface area contributed by atoms with Gasteiger partial charge in [-0.1, -0.05) is 95.6 Å². The third-order valence-corrected chi connectivity index (χ3v) is 17.0. The van der Waals surface area contributed by atoms with Gasteiger partial charge in [-0.2, -0.15) is 0 Å². The van der Waals surface area contributed by atoms with E-state index in [0.29, 0.717) is 41.7 Å². The van der Waals surface area contributed by atoms with Crippen molar-refractivity contribution in [3.63, 3.8) is 0 Å². The molecule has 0 spiro atoms. The van der Waals surface area contributed by atoms with Crippen molar-refractivity contribution in [1.82, 2.24) is 24.8 Å². The highest BCUT2D eigenvalue weighted by Crippen LogP contribution is 2.56. The Morgan fingerprint density at radius 3 is 2.32 bits per heavy atom. The Kier molecular flexibility index (Phi) is 13.9. The van der Waals surface area contributed by atoms with E-state index in [1.54, 1.807) is 44.3 Å². The number of nitrogens with zero attached hydrogens (tertiary/aromatic N) is 3. The molecule has 342 valence electrons. The predicted molar refractivity (Wildman–Crippen MR) is 240 cm³/mol. The first-order valence-corrected chi connectivity index (χ1v) is 24.1. The number of halogens is 6. The van der Waals surface area contributed by atoms with Crippen LogP contribution in [0.4, 0.5) is 4.79 Å². The Hall–Kier alpha value is -2.66.